The topological polar surface area (TPSA) is 12.0 Å². The van der Waals surface area contributed by atoms with E-state index < -0.39 is 0 Å². The minimum Gasteiger partial charge on any atom is -0.317 e. The van der Waals surface area contributed by atoms with E-state index in [1.807, 2.05) is 0 Å². The van der Waals surface area contributed by atoms with Crippen LogP contribution in [0.4, 0.5) is 0 Å². The van der Waals surface area contributed by atoms with E-state index in [1.54, 1.807) is 25.7 Å². The van der Waals surface area contributed by atoms with Crippen LogP contribution in [-0.4, -0.2) is 13.1 Å². The van der Waals surface area contributed by atoms with Crippen molar-refractivity contribution in [1.29, 1.82) is 0 Å². The summed E-state index contributed by atoms with van der Waals surface area (Å²) in [6.07, 6.45) is 18.2. The van der Waals surface area contributed by atoms with Crippen LogP contribution in [0.3, 0.4) is 0 Å². The lowest BCUT2D eigenvalue weighted by molar-refractivity contribution is 0.218. The van der Waals surface area contributed by atoms with Crippen molar-refractivity contribution in [3.05, 3.63) is 0 Å². The third-order valence-corrected chi connectivity index (χ3v) is 6.53. The van der Waals surface area contributed by atoms with Crippen molar-refractivity contribution in [3.8, 4) is 0 Å². The second-order valence-corrected chi connectivity index (χ2v) is 7.67. The van der Waals surface area contributed by atoms with Gasteiger partial charge in [0, 0.05) is 6.04 Å². The Morgan fingerprint density at radius 1 is 0.895 bits per heavy atom. The molecule has 110 valence electrons. The molecule has 2 bridgehead atoms. The second-order valence-electron chi connectivity index (χ2n) is 7.67. The molecule has 3 aliphatic carbocycles. The van der Waals surface area contributed by atoms with E-state index in [-0.39, 0.29) is 0 Å². The van der Waals surface area contributed by atoms with Crippen LogP contribution in [-0.2, 0) is 0 Å². The Morgan fingerprint density at radius 3 is 2.21 bits per heavy atom. The van der Waals surface area contributed by atoms with Crippen molar-refractivity contribution >= 4 is 0 Å². The Kier molecular flexibility index (Phi) is 4.84. The van der Waals surface area contributed by atoms with E-state index in [2.05, 4.69) is 12.4 Å². The highest BCUT2D eigenvalue weighted by Gasteiger charge is 2.40. The van der Waals surface area contributed by atoms with Crippen LogP contribution >= 0.6 is 0 Å². The average molecular weight is 263 g/mol. The minimum atomic E-state index is 0.822. The summed E-state index contributed by atoms with van der Waals surface area (Å²) < 4.78 is 0. The normalized spacial score (nSPS) is 38.1. The molecule has 19 heavy (non-hydrogen) atoms. The summed E-state index contributed by atoms with van der Waals surface area (Å²) >= 11 is 0. The molecular weight excluding hydrogens is 230 g/mol. The summed E-state index contributed by atoms with van der Waals surface area (Å²) in [5.41, 5.74) is 0. The highest BCUT2D eigenvalue weighted by molar-refractivity contribution is 4.92. The second kappa shape index (κ2) is 6.61. The Morgan fingerprint density at radius 2 is 1.63 bits per heavy atom. The molecule has 3 aliphatic rings. The van der Waals surface area contributed by atoms with E-state index in [0.717, 1.165) is 29.7 Å². The lowest BCUT2D eigenvalue weighted by atomic mass is 9.78. The quantitative estimate of drug-likeness (QED) is 0.771. The average Bonchev–Trinajstić information content (AvgIpc) is 2.98. The Bertz CT molecular complexity index is 267. The van der Waals surface area contributed by atoms with Crippen molar-refractivity contribution < 1.29 is 0 Å². The molecular formula is C18H33N. The first-order valence-electron chi connectivity index (χ1n) is 9.04. The monoisotopic (exact) mass is 263 g/mol. The maximum atomic E-state index is 3.71. The number of hydrogen-bond donors (Lipinski definition) is 1. The van der Waals surface area contributed by atoms with Crippen LogP contribution in [0.1, 0.15) is 77.0 Å². The molecule has 3 rings (SSSR count). The Hall–Kier alpha value is -0.0400. The standard InChI is InChI=1S/C18H33N/c1-19-18(15-7-5-3-2-4-6-8-15)13-17-12-14-9-10-16(17)11-14/h14-19H,2-13H2,1H3. The maximum Gasteiger partial charge on any atom is 0.00950 e. The predicted molar refractivity (Wildman–Crippen MR) is 82.2 cm³/mol. The zero-order valence-electron chi connectivity index (χ0n) is 12.9. The molecule has 0 aliphatic heterocycles. The summed E-state index contributed by atoms with van der Waals surface area (Å²) in [6, 6.07) is 0.822. The summed E-state index contributed by atoms with van der Waals surface area (Å²) in [5, 5.41) is 3.71. The van der Waals surface area contributed by atoms with Crippen molar-refractivity contribution in [2.45, 2.75) is 83.1 Å². The zero-order valence-corrected chi connectivity index (χ0v) is 12.9. The van der Waals surface area contributed by atoms with Gasteiger partial charge in [0.15, 0.2) is 0 Å². The van der Waals surface area contributed by atoms with E-state index in [4.69, 9.17) is 0 Å². The van der Waals surface area contributed by atoms with Crippen LogP contribution < -0.4 is 5.32 Å². The van der Waals surface area contributed by atoms with Gasteiger partial charge in [0.1, 0.15) is 0 Å². The lowest BCUT2D eigenvalue weighted by Crippen LogP contribution is -2.36. The molecule has 1 heteroatoms. The number of nitrogens with one attached hydrogen (secondary N) is 1. The number of hydrogen-bond acceptors (Lipinski definition) is 1. The number of fused-ring (bicyclic) bond motifs is 2. The molecule has 0 amide bonds. The lowest BCUT2D eigenvalue weighted by Gasteiger charge is -2.33. The van der Waals surface area contributed by atoms with Crippen LogP contribution in [0, 0.1) is 23.7 Å². The molecule has 0 aromatic heterocycles. The summed E-state index contributed by atoms with van der Waals surface area (Å²) in [5.74, 6) is 4.27. The van der Waals surface area contributed by atoms with Crippen LogP contribution in [0.5, 0.6) is 0 Å². The molecule has 3 fully saturated rings. The molecule has 0 aromatic carbocycles. The Balaban J connectivity index is 1.53. The molecule has 0 heterocycles. The van der Waals surface area contributed by atoms with Crippen molar-refractivity contribution in [2.75, 3.05) is 7.05 Å². The molecule has 0 spiro atoms. The minimum absolute atomic E-state index is 0.822. The molecule has 4 atom stereocenters. The van der Waals surface area contributed by atoms with Gasteiger partial charge >= 0.3 is 0 Å². The highest BCUT2D eigenvalue weighted by Crippen LogP contribution is 2.50. The van der Waals surface area contributed by atoms with Gasteiger partial charge < -0.3 is 5.32 Å². The molecule has 3 saturated carbocycles. The smallest absolute Gasteiger partial charge is 0.00950 e. The summed E-state index contributed by atoms with van der Waals surface area (Å²) in [4.78, 5) is 0. The first-order chi connectivity index (χ1) is 9.36. The molecule has 1 nitrogen and oxygen atoms in total. The van der Waals surface area contributed by atoms with E-state index in [9.17, 15) is 0 Å². The molecule has 1 N–H and O–H groups in total. The molecule has 4 unspecified atom stereocenters. The molecule has 0 saturated heterocycles. The van der Waals surface area contributed by atoms with E-state index in [1.165, 1.54) is 51.4 Å². The van der Waals surface area contributed by atoms with Gasteiger partial charge in [0.2, 0.25) is 0 Å². The fraction of sp³-hybridized carbons (Fsp3) is 1.00. The third kappa shape index (κ3) is 3.35. The van der Waals surface area contributed by atoms with Crippen LogP contribution in [0.25, 0.3) is 0 Å². The van der Waals surface area contributed by atoms with Crippen molar-refractivity contribution in [3.63, 3.8) is 0 Å². The molecule has 0 radical (unpaired) electrons. The van der Waals surface area contributed by atoms with Crippen molar-refractivity contribution in [2.24, 2.45) is 23.7 Å². The Labute approximate surface area is 119 Å². The maximum absolute atomic E-state index is 3.71. The van der Waals surface area contributed by atoms with Gasteiger partial charge in [-0.2, -0.15) is 0 Å². The largest absolute Gasteiger partial charge is 0.317 e. The fourth-order valence-electron chi connectivity index (χ4n) is 5.43. The van der Waals surface area contributed by atoms with Crippen LogP contribution in [0.15, 0.2) is 0 Å². The van der Waals surface area contributed by atoms with Crippen molar-refractivity contribution in [1.82, 2.24) is 5.32 Å². The third-order valence-electron chi connectivity index (χ3n) is 6.53. The predicted octanol–water partition coefficient (Wildman–Crippen LogP) is 4.76. The van der Waals surface area contributed by atoms with Gasteiger partial charge in [0.05, 0.1) is 0 Å². The SMILES string of the molecule is CNC(CC1CC2CCC1C2)C1CCCCCCC1. The van der Waals surface area contributed by atoms with Gasteiger partial charge in [-0.05, 0) is 69.2 Å². The summed E-state index contributed by atoms with van der Waals surface area (Å²) in [6.45, 7) is 0. The number of rotatable bonds is 4. The summed E-state index contributed by atoms with van der Waals surface area (Å²) in [7, 11) is 2.22. The fourth-order valence-corrected chi connectivity index (χ4v) is 5.43. The first-order valence-corrected chi connectivity index (χ1v) is 9.04. The van der Waals surface area contributed by atoms with Gasteiger partial charge in [-0.3, -0.25) is 0 Å². The molecule has 0 aromatic rings. The highest BCUT2D eigenvalue weighted by atomic mass is 14.9. The van der Waals surface area contributed by atoms with Gasteiger partial charge in [-0.1, -0.05) is 38.5 Å². The van der Waals surface area contributed by atoms with Gasteiger partial charge in [0.25, 0.3) is 0 Å². The van der Waals surface area contributed by atoms with E-state index >= 15 is 0 Å². The van der Waals surface area contributed by atoms with E-state index in [0.29, 0.717) is 0 Å². The van der Waals surface area contributed by atoms with Gasteiger partial charge in [-0.15, -0.1) is 0 Å². The zero-order chi connectivity index (χ0) is 13.1. The first kappa shape index (κ1) is 13.9. The van der Waals surface area contributed by atoms with Gasteiger partial charge in [-0.25, -0.2) is 0 Å². The van der Waals surface area contributed by atoms with Crippen LogP contribution in [0.2, 0.25) is 0 Å².